The molecule has 3 aromatic rings. The first-order chi connectivity index (χ1) is 16.4. The Morgan fingerprint density at radius 1 is 1.09 bits per heavy atom. The van der Waals surface area contributed by atoms with Gasteiger partial charge in [-0.15, -0.1) is 0 Å². The van der Waals surface area contributed by atoms with Gasteiger partial charge in [-0.3, -0.25) is 19.0 Å². The van der Waals surface area contributed by atoms with Gasteiger partial charge < -0.3 is 10.2 Å². The predicted molar refractivity (Wildman–Crippen MR) is 136 cm³/mol. The second kappa shape index (κ2) is 10.9. The molecule has 2 aromatic carbocycles. The Kier molecular flexibility index (Phi) is 7.67. The van der Waals surface area contributed by atoms with Crippen LogP contribution in [0.15, 0.2) is 58.5 Å². The van der Waals surface area contributed by atoms with Gasteiger partial charge >= 0.3 is 0 Å². The Morgan fingerprint density at radius 2 is 1.79 bits per heavy atom. The molecule has 2 amide bonds. The lowest BCUT2D eigenvalue weighted by molar-refractivity contribution is -0.131. The number of hydrogen-bond acceptors (Lipinski definition) is 5. The number of aromatic nitrogens is 2. The highest BCUT2D eigenvalue weighted by Gasteiger charge is 2.23. The number of fused-ring (bicyclic) bond motifs is 1. The van der Waals surface area contributed by atoms with Crippen LogP contribution in [0.1, 0.15) is 43.7 Å². The molecule has 1 fully saturated rings. The van der Waals surface area contributed by atoms with E-state index in [1.165, 1.54) is 23.1 Å². The number of hydrogen-bond donors (Lipinski definition) is 1. The SMILES string of the molecule is Cc1ccc(NC(=O)CN(C)C(=O)CSc2nc3ccccc3c(=O)n2C2CCCCC2)cc1. The van der Waals surface area contributed by atoms with Gasteiger partial charge in [-0.25, -0.2) is 4.98 Å². The maximum absolute atomic E-state index is 13.3. The minimum Gasteiger partial charge on any atom is -0.336 e. The molecule has 1 aromatic heterocycles. The van der Waals surface area contributed by atoms with Gasteiger partial charge in [-0.05, 0) is 44.0 Å². The molecule has 1 aliphatic carbocycles. The summed E-state index contributed by atoms with van der Waals surface area (Å²) in [6, 6.07) is 15.0. The van der Waals surface area contributed by atoms with Crippen LogP contribution in [-0.4, -0.2) is 45.6 Å². The highest BCUT2D eigenvalue weighted by Crippen LogP contribution is 2.31. The second-order valence-electron chi connectivity index (χ2n) is 8.83. The molecule has 0 saturated heterocycles. The molecule has 34 heavy (non-hydrogen) atoms. The Morgan fingerprint density at radius 3 is 2.53 bits per heavy atom. The van der Waals surface area contributed by atoms with Gasteiger partial charge in [-0.2, -0.15) is 0 Å². The molecule has 0 aliphatic heterocycles. The fourth-order valence-corrected chi connectivity index (χ4v) is 5.27. The number of anilines is 1. The van der Waals surface area contributed by atoms with Crippen LogP contribution in [0.4, 0.5) is 5.69 Å². The standard InChI is InChI=1S/C26H30N4O3S/c1-18-12-14-19(15-13-18)27-23(31)16-29(2)24(32)17-34-26-28-22-11-7-6-10-21(22)25(33)30(26)20-8-4-3-5-9-20/h6-7,10-15,20H,3-5,8-9,16-17H2,1-2H3,(H,27,31). The summed E-state index contributed by atoms with van der Waals surface area (Å²) < 4.78 is 1.80. The van der Waals surface area contributed by atoms with Crippen LogP contribution in [0, 0.1) is 6.92 Å². The number of para-hydroxylation sites is 1. The number of benzene rings is 2. The van der Waals surface area contributed by atoms with Crippen molar-refractivity contribution in [2.75, 3.05) is 24.7 Å². The Balaban J connectivity index is 1.45. The van der Waals surface area contributed by atoms with E-state index in [0.717, 1.165) is 31.2 Å². The zero-order chi connectivity index (χ0) is 24.1. The van der Waals surface area contributed by atoms with Crippen LogP contribution in [-0.2, 0) is 9.59 Å². The van der Waals surface area contributed by atoms with E-state index in [2.05, 4.69) is 5.32 Å². The average molecular weight is 479 g/mol. The number of thioether (sulfide) groups is 1. The summed E-state index contributed by atoms with van der Waals surface area (Å²) in [7, 11) is 1.61. The number of nitrogens with one attached hydrogen (secondary N) is 1. The molecule has 1 N–H and O–H groups in total. The van der Waals surface area contributed by atoms with Crippen LogP contribution in [0.5, 0.6) is 0 Å². The second-order valence-corrected chi connectivity index (χ2v) is 9.77. The van der Waals surface area contributed by atoms with Crippen LogP contribution < -0.4 is 10.9 Å². The molecule has 0 radical (unpaired) electrons. The van der Waals surface area contributed by atoms with Gasteiger partial charge in [0, 0.05) is 18.8 Å². The number of carbonyl (C=O) groups excluding carboxylic acids is 2. The maximum atomic E-state index is 13.3. The first-order valence-electron chi connectivity index (χ1n) is 11.7. The molecule has 0 unspecified atom stereocenters. The van der Waals surface area contributed by atoms with E-state index in [1.807, 2.05) is 55.5 Å². The summed E-state index contributed by atoms with van der Waals surface area (Å²) in [4.78, 5) is 44.6. The molecule has 4 rings (SSSR count). The van der Waals surface area contributed by atoms with Gasteiger partial charge in [0.25, 0.3) is 5.56 Å². The summed E-state index contributed by atoms with van der Waals surface area (Å²) in [6.07, 6.45) is 5.25. The highest BCUT2D eigenvalue weighted by atomic mass is 32.2. The van der Waals surface area contributed by atoms with E-state index >= 15 is 0 Å². The number of nitrogens with zero attached hydrogens (tertiary/aromatic N) is 3. The summed E-state index contributed by atoms with van der Waals surface area (Å²) in [6.45, 7) is 1.93. The molecular formula is C26H30N4O3S. The number of rotatable bonds is 7. The van der Waals surface area contributed by atoms with Crippen molar-refractivity contribution in [1.82, 2.24) is 14.5 Å². The molecule has 1 heterocycles. The first-order valence-corrected chi connectivity index (χ1v) is 12.7. The van der Waals surface area contributed by atoms with Gasteiger partial charge in [0.15, 0.2) is 5.16 Å². The Labute approximate surface area is 203 Å². The van der Waals surface area contributed by atoms with Crippen LogP contribution in [0.3, 0.4) is 0 Å². The van der Waals surface area contributed by atoms with E-state index in [1.54, 1.807) is 11.6 Å². The van der Waals surface area contributed by atoms with Crippen molar-refractivity contribution in [3.05, 3.63) is 64.4 Å². The third kappa shape index (κ3) is 5.67. The summed E-state index contributed by atoms with van der Waals surface area (Å²) in [5.74, 6) is -0.347. The third-order valence-corrected chi connectivity index (χ3v) is 7.12. The van der Waals surface area contributed by atoms with Crippen LogP contribution in [0.2, 0.25) is 0 Å². The molecule has 0 bridgehead atoms. The smallest absolute Gasteiger partial charge is 0.262 e. The van der Waals surface area contributed by atoms with Gasteiger partial charge in [0.2, 0.25) is 11.8 Å². The van der Waals surface area contributed by atoms with E-state index in [9.17, 15) is 14.4 Å². The van der Waals surface area contributed by atoms with Crippen molar-refractivity contribution >= 4 is 40.2 Å². The van der Waals surface area contributed by atoms with Gasteiger partial charge in [0.1, 0.15) is 0 Å². The minimum atomic E-state index is -0.257. The van der Waals surface area contributed by atoms with E-state index in [-0.39, 0.29) is 35.7 Å². The minimum absolute atomic E-state index is 0.0433. The quantitative estimate of drug-likeness (QED) is 0.402. The normalized spacial score (nSPS) is 14.2. The van der Waals surface area contributed by atoms with Crippen LogP contribution in [0.25, 0.3) is 10.9 Å². The largest absolute Gasteiger partial charge is 0.336 e. The molecule has 7 nitrogen and oxygen atoms in total. The van der Waals surface area contributed by atoms with E-state index in [4.69, 9.17) is 4.98 Å². The van der Waals surface area contributed by atoms with Crippen LogP contribution >= 0.6 is 11.8 Å². The van der Waals surface area contributed by atoms with Crippen molar-refractivity contribution in [2.45, 2.75) is 50.2 Å². The highest BCUT2D eigenvalue weighted by molar-refractivity contribution is 7.99. The van der Waals surface area contributed by atoms with Gasteiger partial charge in [0.05, 0.1) is 23.2 Å². The van der Waals surface area contributed by atoms with E-state index < -0.39 is 0 Å². The van der Waals surface area contributed by atoms with Gasteiger partial charge in [-0.1, -0.05) is 60.9 Å². The molecule has 1 saturated carbocycles. The molecule has 0 atom stereocenters. The lowest BCUT2D eigenvalue weighted by atomic mass is 9.95. The number of amides is 2. The molecule has 1 aliphatic rings. The fraction of sp³-hybridized carbons (Fsp3) is 0.385. The third-order valence-electron chi connectivity index (χ3n) is 6.18. The molecular weight excluding hydrogens is 448 g/mol. The fourth-order valence-electron chi connectivity index (χ4n) is 4.27. The lowest BCUT2D eigenvalue weighted by Crippen LogP contribution is -2.36. The summed E-state index contributed by atoms with van der Waals surface area (Å²) >= 11 is 1.27. The number of likely N-dealkylation sites (N-methyl/N-ethyl adjacent to an activating group) is 1. The lowest BCUT2D eigenvalue weighted by Gasteiger charge is -2.26. The van der Waals surface area contributed by atoms with Crippen molar-refractivity contribution in [1.29, 1.82) is 0 Å². The van der Waals surface area contributed by atoms with Crippen molar-refractivity contribution < 1.29 is 9.59 Å². The molecule has 8 heteroatoms. The number of aryl methyl sites for hydroxylation is 1. The van der Waals surface area contributed by atoms with Crippen molar-refractivity contribution in [3.8, 4) is 0 Å². The maximum Gasteiger partial charge on any atom is 0.262 e. The zero-order valence-corrected chi connectivity index (χ0v) is 20.4. The average Bonchev–Trinajstić information content (AvgIpc) is 2.84. The molecule has 0 spiro atoms. The topological polar surface area (TPSA) is 84.3 Å². The Bertz CT molecular complexity index is 1230. The van der Waals surface area contributed by atoms with Crippen molar-refractivity contribution in [2.24, 2.45) is 0 Å². The monoisotopic (exact) mass is 478 g/mol. The number of carbonyl (C=O) groups is 2. The Hall–Kier alpha value is -3.13. The summed E-state index contributed by atoms with van der Waals surface area (Å²) in [5, 5.41) is 3.99. The van der Waals surface area contributed by atoms with E-state index in [0.29, 0.717) is 21.7 Å². The predicted octanol–water partition coefficient (Wildman–Crippen LogP) is 4.40. The summed E-state index contributed by atoms with van der Waals surface area (Å²) in [5.41, 5.74) is 2.40. The first kappa shape index (κ1) is 24.0. The van der Waals surface area contributed by atoms with Crippen molar-refractivity contribution in [3.63, 3.8) is 0 Å². The molecule has 178 valence electrons. The zero-order valence-electron chi connectivity index (χ0n) is 19.6.